The van der Waals surface area contributed by atoms with Crippen molar-refractivity contribution >= 4 is 23.2 Å². The topological polar surface area (TPSA) is 60.2 Å². The first-order chi connectivity index (χ1) is 15.5. The van der Waals surface area contributed by atoms with Crippen molar-refractivity contribution in [3.05, 3.63) is 63.1 Å². The number of hydrogen-bond acceptors (Lipinski definition) is 6. The number of rotatable bonds is 12. The Morgan fingerprint density at radius 3 is 2.62 bits per heavy atom. The van der Waals surface area contributed by atoms with Crippen molar-refractivity contribution in [2.45, 2.75) is 19.4 Å². The Hall–Kier alpha value is -1.38. The lowest BCUT2D eigenvalue weighted by atomic mass is 9.85. The van der Waals surface area contributed by atoms with Crippen molar-refractivity contribution in [3.63, 3.8) is 0 Å². The number of fused-ring (bicyclic) bond motifs is 1. The fourth-order valence-electron chi connectivity index (χ4n) is 3.91. The van der Waals surface area contributed by atoms with Crippen LogP contribution in [0.2, 0.25) is 10.0 Å². The molecule has 1 atom stereocenters. The summed E-state index contributed by atoms with van der Waals surface area (Å²) in [5.41, 5.74) is 8.91. The maximum absolute atomic E-state index is 6.51. The standard InChI is InChI=1S/C24H33Cl2N3O3/c1-3-29(8-10-31-12-11-30-9-7-27)32-20-6-4-5-18(13-20)22-16-28(2)17-23-21(22)14-19(25)15-24(23)26/h4-6,13-15,22H,3,7-12,16-17,27H2,1-2H3/t22-/m0/s1. The molecule has 6 nitrogen and oxygen atoms in total. The average Bonchev–Trinajstić information content (AvgIpc) is 2.78. The quantitative estimate of drug-likeness (QED) is 0.362. The monoisotopic (exact) mass is 481 g/mol. The van der Waals surface area contributed by atoms with Crippen molar-refractivity contribution < 1.29 is 14.3 Å². The summed E-state index contributed by atoms with van der Waals surface area (Å²) in [6.45, 7) is 7.94. The predicted octanol–water partition coefficient (Wildman–Crippen LogP) is 4.18. The number of ether oxygens (including phenoxy) is 2. The molecule has 1 heterocycles. The first-order valence-corrected chi connectivity index (χ1v) is 11.8. The van der Waals surface area contributed by atoms with Crippen molar-refractivity contribution in [1.29, 1.82) is 0 Å². The maximum Gasteiger partial charge on any atom is 0.147 e. The molecule has 8 heteroatoms. The fourth-order valence-corrected chi connectivity index (χ4v) is 4.48. The molecule has 2 aromatic carbocycles. The molecule has 3 rings (SSSR count). The minimum Gasteiger partial charge on any atom is -0.406 e. The van der Waals surface area contributed by atoms with E-state index in [2.05, 4.69) is 31.0 Å². The average molecular weight is 482 g/mol. The van der Waals surface area contributed by atoms with Crippen LogP contribution in [0.15, 0.2) is 36.4 Å². The lowest BCUT2D eigenvalue weighted by Crippen LogP contribution is -2.32. The van der Waals surface area contributed by atoms with Crippen molar-refractivity contribution in [2.75, 3.05) is 59.7 Å². The van der Waals surface area contributed by atoms with Gasteiger partial charge in [-0.3, -0.25) is 0 Å². The molecule has 1 aliphatic rings. The van der Waals surface area contributed by atoms with Crippen LogP contribution < -0.4 is 10.6 Å². The Kier molecular flexibility index (Phi) is 10.1. The molecule has 0 bridgehead atoms. The van der Waals surface area contributed by atoms with Gasteiger partial charge in [0.15, 0.2) is 0 Å². The fraction of sp³-hybridized carbons (Fsp3) is 0.500. The Bertz CT molecular complexity index is 868. The van der Waals surface area contributed by atoms with E-state index in [9.17, 15) is 0 Å². The van der Waals surface area contributed by atoms with E-state index in [4.69, 9.17) is 43.2 Å². The molecule has 2 aromatic rings. The molecule has 0 amide bonds. The number of nitrogens with zero attached hydrogens (tertiary/aromatic N) is 2. The number of hydrogen-bond donors (Lipinski definition) is 1. The van der Waals surface area contributed by atoms with Crippen molar-refractivity contribution in [3.8, 4) is 5.75 Å². The highest BCUT2D eigenvalue weighted by Crippen LogP contribution is 2.39. The van der Waals surface area contributed by atoms with Crippen LogP contribution in [0.1, 0.15) is 29.5 Å². The number of likely N-dealkylation sites (N-methyl/N-ethyl adjacent to an activating group) is 2. The molecular formula is C24H33Cl2N3O3. The molecule has 0 saturated heterocycles. The zero-order valence-corrected chi connectivity index (χ0v) is 20.4. The van der Waals surface area contributed by atoms with Crippen molar-refractivity contribution in [2.24, 2.45) is 5.73 Å². The normalized spacial score (nSPS) is 16.4. The summed E-state index contributed by atoms with van der Waals surface area (Å²) in [4.78, 5) is 8.43. The van der Waals surface area contributed by atoms with Gasteiger partial charge in [-0.05, 0) is 54.9 Å². The minimum atomic E-state index is 0.176. The summed E-state index contributed by atoms with van der Waals surface area (Å²) in [6, 6.07) is 12.1. The van der Waals surface area contributed by atoms with Crippen LogP contribution >= 0.6 is 23.2 Å². The molecule has 0 aliphatic carbocycles. The summed E-state index contributed by atoms with van der Waals surface area (Å²) in [6.07, 6.45) is 0. The van der Waals surface area contributed by atoms with Gasteiger partial charge in [-0.15, -0.1) is 5.06 Å². The van der Waals surface area contributed by atoms with E-state index in [1.807, 2.05) is 29.3 Å². The minimum absolute atomic E-state index is 0.176. The molecule has 32 heavy (non-hydrogen) atoms. The van der Waals surface area contributed by atoms with Gasteiger partial charge in [-0.2, -0.15) is 0 Å². The lowest BCUT2D eigenvalue weighted by molar-refractivity contribution is -0.0736. The summed E-state index contributed by atoms with van der Waals surface area (Å²) in [5, 5.41) is 3.29. The lowest BCUT2D eigenvalue weighted by Gasteiger charge is -2.33. The summed E-state index contributed by atoms with van der Waals surface area (Å²) in [7, 11) is 2.11. The van der Waals surface area contributed by atoms with Crippen molar-refractivity contribution in [1.82, 2.24) is 9.96 Å². The van der Waals surface area contributed by atoms with E-state index < -0.39 is 0 Å². The molecule has 2 N–H and O–H groups in total. The molecule has 0 aromatic heterocycles. The second-order valence-corrected chi connectivity index (χ2v) is 8.75. The third-order valence-corrected chi connectivity index (χ3v) is 6.01. The third-order valence-electron chi connectivity index (χ3n) is 5.46. The number of benzene rings is 2. The van der Waals surface area contributed by atoms with E-state index in [0.29, 0.717) is 44.5 Å². The van der Waals surface area contributed by atoms with Crippen LogP contribution in [-0.4, -0.2) is 69.6 Å². The Balaban J connectivity index is 1.64. The molecular weight excluding hydrogens is 449 g/mol. The number of halogens is 2. The van der Waals surface area contributed by atoms with Crippen LogP contribution in [-0.2, 0) is 16.0 Å². The SMILES string of the molecule is CCN(CCOCCOCCN)Oc1cccc([C@@H]2CN(C)Cc3c(Cl)cc(Cl)cc32)c1. The van der Waals surface area contributed by atoms with E-state index in [0.717, 1.165) is 36.0 Å². The molecule has 0 spiro atoms. The van der Waals surface area contributed by atoms with Gasteiger partial charge in [0.05, 0.1) is 33.0 Å². The van der Waals surface area contributed by atoms with Gasteiger partial charge in [0.25, 0.3) is 0 Å². The van der Waals surface area contributed by atoms with Gasteiger partial charge >= 0.3 is 0 Å². The van der Waals surface area contributed by atoms with Gasteiger partial charge in [-0.1, -0.05) is 35.3 Å². The zero-order chi connectivity index (χ0) is 22.9. The van der Waals surface area contributed by atoms with Gasteiger partial charge in [0.2, 0.25) is 0 Å². The van der Waals surface area contributed by atoms with E-state index in [1.54, 1.807) is 0 Å². The highest BCUT2D eigenvalue weighted by atomic mass is 35.5. The molecule has 1 aliphatic heterocycles. The molecule has 0 radical (unpaired) electrons. The van der Waals surface area contributed by atoms with Crippen LogP contribution in [0.4, 0.5) is 0 Å². The zero-order valence-electron chi connectivity index (χ0n) is 18.9. The highest BCUT2D eigenvalue weighted by molar-refractivity contribution is 6.35. The highest BCUT2D eigenvalue weighted by Gasteiger charge is 2.27. The number of nitrogens with two attached hydrogens (primary N) is 1. The first-order valence-electron chi connectivity index (χ1n) is 11.1. The molecule has 176 valence electrons. The van der Waals surface area contributed by atoms with Crippen LogP contribution in [0.3, 0.4) is 0 Å². The van der Waals surface area contributed by atoms with Crippen LogP contribution in [0, 0.1) is 0 Å². The molecule has 0 unspecified atom stereocenters. The Morgan fingerprint density at radius 2 is 1.88 bits per heavy atom. The second kappa shape index (κ2) is 12.8. The molecule has 0 saturated carbocycles. The molecule has 0 fully saturated rings. The maximum atomic E-state index is 6.51. The summed E-state index contributed by atoms with van der Waals surface area (Å²) >= 11 is 12.8. The van der Waals surface area contributed by atoms with Gasteiger partial charge < -0.3 is 24.9 Å². The smallest absolute Gasteiger partial charge is 0.147 e. The van der Waals surface area contributed by atoms with E-state index in [1.165, 1.54) is 11.1 Å². The first kappa shape index (κ1) is 25.2. The Labute approximate surface area is 201 Å². The Morgan fingerprint density at radius 1 is 1.09 bits per heavy atom. The largest absolute Gasteiger partial charge is 0.406 e. The number of hydroxylamine groups is 2. The van der Waals surface area contributed by atoms with Gasteiger partial charge in [-0.25, -0.2) is 0 Å². The van der Waals surface area contributed by atoms with E-state index in [-0.39, 0.29) is 5.92 Å². The van der Waals surface area contributed by atoms with Gasteiger partial charge in [0, 0.05) is 42.1 Å². The van der Waals surface area contributed by atoms with Crippen LogP contribution in [0.25, 0.3) is 0 Å². The van der Waals surface area contributed by atoms with Gasteiger partial charge in [0.1, 0.15) is 5.75 Å². The predicted molar refractivity (Wildman–Crippen MR) is 130 cm³/mol. The van der Waals surface area contributed by atoms with E-state index >= 15 is 0 Å². The van der Waals surface area contributed by atoms with Crippen LogP contribution in [0.5, 0.6) is 5.75 Å². The third kappa shape index (κ3) is 7.06. The summed E-state index contributed by atoms with van der Waals surface area (Å²) in [5.74, 6) is 0.981. The summed E-state index contributed by atoms with van der Waals surface area (Å²) < 4.78 is 10.9. The second-order valence-electron chi connectivity index (χ2n) is 7.90.